The number of benzene rings is 4. The maximum absolute atomic E-state index is 5.83. The molecule has 0 aromatic heterocycles. The third-order valence-corrected chi connectivity index (χ3v) is 6.87. The highest BCUT2D eigenvalue weighted by Crippen LogP contribution is 2.51. The number of allylic oxidation sites excluding steroid dienone is 2. The lowest BCUT2D eigenvalue weighted by atomic mass is 9.60. The van der Waals surface area contributed by atoms with Crippen LogP contribution in [0, 0.1) is 0 Å². The Morgan fingerprint density at radius 2 is 1.00 bits per heavy atom. The predicted molar refractivity (Wildman–Crippen MR) is 148 cm³/mol. The quantitative estimate of drug-likeness (QED) is 0.211. The molecule has 0 aliphatic heterocycles. The molecule has 0 fully saturated rings. The van der Waals surface area contributed by atoms with Gasteiger partial charge in [-0.25, -0.2) is 0 Å². The van der Waals surface area contributed by atoms with Crippen molar-refractivity contribution in [3.05, 3.63) is 155 Å². The highest BCUT2D eigenvalue weighted by atomic mass is 16.5. The second-order valence-corrected chi connectivity index (χ2v) is 9.09. The van der Waals surface area contributed by atoms with Gasteiger partial charge in [0.1, 0.15) is 11.5 Å². The first-order chi connectivity index (χ1) is 17.8. The summed E-state index contributed by atoms with van der Waals surface area (Å²) < 4.78 is 11.7. The Hall–Kier alpha value is -4.04. The van der Waals surface area contributed by atoms with E-state index in [1.54, 1.807) is 12.5 Å². The average Bonchev–Trinajstić information content (AvgIpc) is 2.93. The second-order valence-electron chi connectivity index (χ2n) is 9.09. The fourth-order valence-corrected chi connectivity index (χ4v) is 5.23. The summed E-state index contributed by atoms with van der Waals surface area (Å²) in [6, 6.07) is 34.8. The Kier molecular flexibility index (Phi) is 7.04. The van der Waals surface area contributed by atoms with Crippen LogP contribution in [0.2, 0.25) is 0 Å². The minimum Gasteiger partial charge on any atom is -0.465 e. The molecule has 1 aliphatic carbocycles. The largest absolute Gasteiger partial charge is 0.465 e. The molecule has 0 unspecified atom stereocenters. The van der Waals surface area contributed by atoms with Crippen molar-refractivity contribution in [3.63, 3.8) is 0 Å². The summed E-state index contributed by atoms with van der Waals surface area (Å²) in [6.45, 7) is 4.20. The molecule has 0 heterocycles. The third-order valence-electron chi connectivity index (χ3n) is 6.87. The van der Waals surface area contributed by atoms with E-state index >= 15 is 0 Å². The molecule has 4 aromatic carbocycles. The molecule has 0 saturated carbocycles. The molecule has 4 aromatic rings. The topological polar surface area (TPSA) is 18.5 Å². The summed E-state index contributed by atoms with van der Waals surface area (Å²) in [5.41, 5.74) is 7.34. The first-order valence-corrected chi connectivity index (χ1v) is 12.8. The van der Waals surface area contributed by atoms with Crippen molar-refractivity contribution in [2.75, 3.05) is 0 Å². The zero-order chi connectivity index (χ0) is 24.8. The normalized spacial score (nSPS) is 13.9. The van der Waals surface area contributed by atoms with Crippen LogP contribution >= 0.6 is 0 Å². The van der Waals surface area contributed by atoms with Crippen LogP contribution in [0.1, 0.15) is 60.1 Å². The van der Waals surface area contributed by atoms with Gasteiger partial charge in [-0.3, -0.25) is 0 Å². The average molecular weight is 473 g/mol. The highest BCUT2D eigenvalue weighted by Gasteiger charge is 2.43. The maximum atomic E-state index is 5.83. The van der Waals surface area contributed by atoms with E-state index in [9.17, 15) is 0 Å². The maximum Gasteiger partial charge on any atom is 0.126 e. The molecule has 2 heteroatoms. The van der Waals surface area contributed by atoms with Gasteiger partial charge in [0.25, 0.3) is 0 Å². The van der Waals surface area contributed by atoms with E-state index < -0.39 is 5.41 Å². The minimum atomic E-state index is -0.443. The molecule has 0 N–H and O–H groups in total. The Morgan fingerprint density at radius 1 is 0.583 bits per heavy atom. The van der Waals surface area contributed by atoms with E-state index in [1.807, 2.05) is 12.2 Å². The van der Waals surface area contributed by atoms with E-state index in [0.29, 0.717) is 0 Å². The van der Waals surface area contributed by atoms with Crippen molar-refractivity contribution in [1.82, 2.24) is 0 Å². The van der Waals surface area contributed by atoms with Crippen LogP contribution in [0.5, 0.6) is 11.5 Å². The molecular formula is C34H32O2. The van der Waals surface area contributed by atoms with Gasteiger partial charge in [-0.2, -0.15) is 0 Å². The molecular weight excluding hydrogens is 440 g/mol. The first kappa shape index (κ1) is 23.7. The zero-order valence-corrected chi connectivity index (χ0v) is 21.0. The van der Waals surface area contributed by atoms with Crippen molar-refractivity contribution < 1.29 is 9.47 Å². The summed E-state index contributed by atoms with van der Waals surface area (Å²) >= 11 is 0. The SMILES string of the molecule is CCC=COc1ccc(C2(c3ccc(OC=CCC)cc3)c3ccccc3Cc3ccccc32)cc1. The molecule has 0 radical (unpaired) electrons. The van der Waals surface area contributed by atoms with Gasteiger partial charge >= 0.3 is 0 Å². The standard InChI is InChI=1S/C34H32O2/c1-3-5-23-35-30-19-15-28(16-20-30)34(29-17-21-31(22-18-29)36-24-6-4-2)32-13-9-7-11-26(32)25-27-12-8-10-14-33(27)34/h5-24H,3-4,25H2,1-2H3. The lowest BCUT2D eigenvalue weighted by molar-refractivity contribution is 0.478. The molecule has 5 rings (SSSR count). The van der Waals surface area contributed by atoms with Crippen LogP contribution in [0.3, 0.4) is 0 Å². The number of hydrogen-bond donors (Lipinski definition) is 0. The summed E-state index contributed by atoms with van der Waals surface area (Å²) in [4.78, 5) is 0. The molecule has 2 nitrogen and oxygen atoms in total. The van der Waals surface area contributed by atoms with Crippen LogP contribution in [0.15, 0.2) is 122 Å². The predicted octanol–water partition coefficient (Wildman–Crippen LogP) is 8.58. The lowest BCUT2D eigenvalue weighted by Gasteiger charge is -2.42. The second kappa shape index (κ2) is 10.7. The van der Waals surface area contributed by atoms with Gasteiger partial charge in [0.15, 0.2) is 0 Å². The number of rotatable bonds is 8. The van der Waals surface area contributed by atoms with Crippen molar-refractivity contribution >= 4 is 0 Å². The van der Waals surface area contributed by atoms with Gasteiger partial charge in [0, 0.05) is 0 Å². The van der Waals surface area contributed by atoms with Crippen LogP contribution in [0.4, 0.5) is 0 Å². The summed E-state index contributed by atoms with van der Waals surface area (Å²) in [7, 11) is 0. The van der Waals surface area contributed by atoms with Crippen LogP contribution in [-0.2, 0) is 11.8 Å². The molecule has 180 valence electrons. The summed E-state index contributed by atoms with van der Waals surface area (Å²) in [6.07, 6.45) is 10.4. The third kappa shape index (κ3) is 4.35. The lowest BCUT2D eigenvalue weighted by Crippen LogP contribution is -2.36. The summed E-state index contributed by atoms with van der Waals surface area (Å²) in [5.74, 6) is 1.67. The molecule has 0 spiro atoms. The molecule has 0 atom stereocenters. The number of hydrogen-bond acceptors (Lipinski definition) is 2. The van der Waals surface area contributed by atoms with E-state index in [2.05, 4.69) is 111 Å². The Labute approximate surface area is 214 Å². The monoisotopic (exact) mass is 472 g/mol. The first-order valence-electron chi connectivity index (χ1n) is 12.8. The smallest absolute Gasteiger partial charge is 0.126 e. The Balaban J connectivity index is 1.70. The van der Waals surface area contributed by atoms with Crippen LogP contribution in [0.25, 0.3) is 0 Å². The van der Waals surface area contributed by atoms with E-state index in [4.69, 9.17) is 9.47 Å². The van der Waals surface area contributed by atoms with Crippen LogP contribution < -0.4 is 9.47 Å². The van der Waals surface area contributed by atoms with Gasteiger partial charge in [-0.15, -0.1) is 0 Å². The Morgan fingerprint density at radius 3 is 1.42 bits per heavy atom. The zero-order valence-electron chi connectivity index (χ0n) is 21.0. The fraction of sp³-hybridized carbons (Fsp3) is 0.176. The molecule has 0 bridgehead atoms. The van der Waals surface area contributed by atoms with Gasteiger partial charge in [-0.1, -0.05) is 86.6 Å². The molecule has 0 saturated heterocycles. The Bertz CT molecular complexity index is 1250. The van der Waals surface area contributed by atoms with E-state index in [-0.39, 0.29) is 0 Å². The van der Waals surface area contributed by atoms with E-state index in [1.165, 1.54) is 33.4 Å². The van der Waals surface area contributed by atoms with Gasteiger partial charge < -0.3 is 9.47 Å². The molecule has 1 aliphatic rings. The summed E-state index contributed by atoms with van der Waals surface area (Å²) in [5, 5.41) is 0. The number of ether oxygens (including phenoxy) is 2. The van der Waals surface area contributed by atoms with Crippen molar-refractivity contribution in [2.45, 2.75) is 38.5 Å². The van der Waals surface area contributed by atoms with Crippen molar-refractivity contribution in [1.29, 1.82) is 0 Å². The van der Waals surface area contributed by atoms with Crippen molar-refractivity contribution in [2.24, 2.45) is 0 Å². The number of fused-ring (bicyclic) bond motifs is 2. The minimum absolute atomic E-state index is 0.443. The van der Waals surface area contributed by atoms with E-state index in [0.717, 1.165) is 30.8 Å². The van der Waals surface area contributed by atoms with Gasteiger partial charge in [-0.05, 0) is 89.1 Å². The molecule has 0 amide bonds. The fourth-order valence-electron chi connectivity index (χ4n) is 5.23. The van der Waals surface area contributed by atoms with Gasteiger partial charge in [0.05, 0.1) is 17.9 Å². The van der Waals surface area contributed by atoms with Gasteiger partial charge in [0.2, 0.25) is 0 Å². The van der Waals surface area contributed by atoms with Crippen LogP contribution in [-0.4, -0.2) is 0 Å². The highest BCUT2D eigenvalue weighted by molar-refractivity contribution is 5.67. The molecule has 36 heavy (non-hydrogen) atoms. The van der Waals surface area contributed by atoms with Crippen molar-refractivity contribution in [3.8, 4) is 11.5 Å².